The number of aryl methyl sites for hydroxylation is 1. The number of nitrogens with zero attached hydrogens (tertiary/aromatic N) is 3. The number of hydrogen-bond donors (Lipinski definition) is 0. The molecule has 0 atom stereocenters. The largest absolute Gasteiger partial charge is 0.496 e. The zero-order valence-electron chi connectivity index (χ0n) is 12.0. The first-order chi connectivity index (χ1) is 8.80. The highest BCUT2D eigenvalue weighted by molar-refractivity contribution is 6.62. The quantitative estimate of drug-likeness (QED) is 0.723. The van der Waals surface area contributed by atoms with E-state index in [2.05, 4.69) is 10.1 Å². The first-order valence-corrected chi connectivity index (χ1v) is 6.43. The van der Waals surface area contributed by atoms with Crippen molar-refractivity contribution in [2.75, 3.05) is 0 Å². The topological polar surface area (TPSA) is 49.2 Å². The second-order valence-corrected chi connectivity index (χ2v) is 6.03. The van der Waals surface area contributed by atoms with Gasteiger partial charge in [-0.1, -0.05) is 0 Å². The number of aromatic nitrogens is 3. The molecule has 0 amide bonds. The molecule has 6 heteroatoms. The minimum atomic E-state index is -0.378. The van der Waals surface area contributed by atoms with Gasteiger partial charge in [0.1, 0.15) is 5.52 Å². The van der Waals surface area contributed by atoms with E-state index in [1.807, 2.05) is 40.8 Å². The van der Waals surface area contributed by atoms with Crippen molar-refractivity contribution in [1.29, 1.82) is 0 Å². The van der Waals surface area contributed by atoms with Crippen molar-refractivity contribution in [3.05, 3.63) is 18.5 Å². The molecule has 1 saturated heterocycles. The average Bonchev–Trinajstić information content (AvgIpc) is 2.78. The van der Waals surface area contributed by atoms with Gasteiger partial charge in [-0.25, -0.2) is 0 Å². The predicted octanol–water partition coefficient (Wildman–Crippen LogP) is 1.27. The molecule has 1 aliphatic heterocycles. The number of fused-ring (bicyclic) bond motifs is 1. The fourth-order valence-electron chi connectivity index (χ4n) is 2.15. The highest BCUT2D eigenvalue weighted by Crippen LogP contribution is 2.36. The smallest absolute Gasteiger partial charge is 0.399 e. The van der Waals surface area contributed by atoms with Gasteiger partial charge in [0.25, 0.3) is 0 Å². The number of rotatable bonds is 1. The maximum Gasteiger partial charge on any atom is 0.496 e. The van der Waals surface area contributed by atoms with Crippen LogP contribution >= 0.6 is 0 Å². The van der Waals surface area contributed by atoms with Crippen molar-refractivity contribution in [2.24, 2.45) is 7.05 Å². The Hall–Kier alpha value is -1.40. The Labute approximate surface area is 113 Å². The van der Waals surface area contributed by atoms with Crippen molar-refractivity contribution in [3.8, 4) is 0 Å². The minimum absolute atomic E-state index is 0.334. The zero-order chi connectivity index (χ0) is 13.8. The highest BCUT2D eigenvalue weighted by atomic mass is 16.7. The second-order valence-electron chi connectivity index (χ2n) is 6.03. The monoisotopic (exact) mass is 259 g/mol. The van der Waals surface area contributed by atoms with Gasteiger partial charge in [-0.15, -0.1) is 0 Å². The van der Waals surface area contributed by atoms with Gasteiger partial charge >= 0.3 is 7.12 Å². The van der Waals surface area contributed by atoms with Gasteiger partial charge in [0.05, 0.1) is 22.9 Å². The first-order valence-electron chi connectivity index (χ1n) is 6.43. The van der Waals surface area contributed by atoms with E-state index < -0.39 is 0 Å². The molecule has 2 aromatic rings. The Balaban J connectivity index is 2.00. The summed E-state index contributed by atoms with van der Waals surface area (Å²) in [5.74, 6) is 0. The molecule has 5 nitrogen and oxygen atoms in total. The lowest BCUT2D eigenvalue weighted by atomic mass is 9.80. The van der Waals surface area contributed by atoms with E-state index in [1.165, 1.54) is 0 Å². The van der Waals surface area contributed by atoms with Crippen LogP contribution in [-0.2, 0) is 16.4 Å². The molecule has 19 heavy (non-hydrogen) atoms. The summed E-state index contributed by atoms with van der Waals surface area (Å²) in [5.41, 5.74) is 2.11. The lowest BCUT2D eigenvalue weighted by Crippen LogP contribution is -2.41. The van der Waals surface area contributed by atoms with Gasteiger partial charge in [-0.05, 0) is 33.8 Å². The molecular formula is C13H18BN3O2. The summed E-state index contributed by atoms with van der Waals surface area (Å²) in [5, 5.41) is 4.19. The first kappa shape index (κ1) is 12.6. The normalized spacial score (nSPS) is 21.2. The summed E-state index contributed by atoms with van der Waals surface area (Å²) in [6.07, 6.45) is 3.55. The van der Waals surface area contributed by atoms with Crippen LogP contribution < -0.4 is 5.46 Å². The number of hydrogen-bond acceptors (Lipinski definition) is 4. The van der Waals surface area contributed by atoms with Crippen molar-refractivity contribution in [1.82, 2.24) is 14.8 Å². The van der Waals surface area contributed by atoms with E-state index in [9.17, 15) is 0 Å². The third kappa shape index (κ3) is 1.86. The Kier molecular flexibility index (Phi) is 2.53. The average molecular weight is 259 g/mol. The summed E-state index contributed by atoms with van der Waals surface area (Å²) >= 11 is 0. The van der Waals surface area contributed by atoms with Crippen LogP contribution in [-0.4, -0.2) is 33.1 Å². The molecule has 3 heterocycles. The van der Waals surface area contributed by atoms with Crippen LogP contribution in [0.2, 0.25) is 0 Å². The molecule has 0 bridgehead atoms. The molecule has 0 N–H and O–H groups in total. The molecule has 2 aromatic heterocycles. The molecule has 1 fully saturated rings. The molecule has 0 spiro atoms. The van der Waals surface area contributed by atoms with Crippen LogP contribution in [0.15, 0.2) is 18.5 Å². The maximum atomic E-state index is 6.02. The molecule has 0 aliphatic carbocycles. The van der Waals surface area contributed by atoms with Crippen LogP contribution in [0.3, 0.4) is 0 Å². The number of pyridine rings is 1. The van der Waals surface area contributed by atoms with Crippen LogP contribution in [0.4, 0.5) is 0 Å². The van der Waals surface area contributed by atoms with Crippen molar-refractivity contribution in [3.63, 3.8) is 0 Å². The van der Waals surface area contributed by atoms with E-state index >= 15 is 0 Å². The second kappa shape index (κ2) is 3.80. The van der Waals surface area contributed by atoms with E-state index in [4.69, 9.17) is 9.31 Å². The van der Waals surface area contributed by atoms with Gasteiger partial charge in [-0.2, -0.15) is 5.10 Å². The molecular weight excluding hydrogens is 241 g/mol. The summed E-state index contributed by atoms with van der Waals surface area (Å²) in [7, 11) is 1.52. The van der Waals surface area contributed by atoms with E-state index in [1.54, 1.807) is 17.1 Å². The van der Waals surface area contributed by atoms with Gasteiger partial charge in [0.2, 0.25) is 0 Å². The molecule has 1 aliphatic rings. The van der Waals surface area contributed by atoms with Gasteiger partial charge < -0.3 is 9.31 Å². The summed E-state index contributed by atoms with van der Waals surface area (Å²) in [4.78, 5) is 4.40. The Morgan fingerprint density at radius 3 is 2.37 bits per heavy atom. The fraction of sp³-hybridized carbons (Fsp3) is 0.538. The predicted molar refractivity (Wildman–Crippen MR) is 74.2 cm³/mol. The van der Waals surface area contributed by atoms with Gasteiger partial charge in [0.15, 0.2) is 0 Å². The Bertz CT molecular complexity index is 620. The Morgan fingerprint density at radius 1 is 1.11 bits per heavy atom. The van der Waals surface area contributed by atoms with Crippen molar-refractivity contribution < 1.29 is 9.31 Å². The summed E-state index contributed by atoms with van der Waals surface area (Å²) in [6.45, 7) is 8.18. The van der Waals surface area contributed by atoms with Crippen molar-refractivity contribution >= 4 is 23.6 Å². The lowest BCUT2D eigenvalue weighted by Gasteiger charge is -2.32. The molecule has 100 valence electrons. The van der Waals surface area contributed by atoms with E-state index in [0.29, 0.717) is 0 Å². The molecule has 0 aromatic carbocycles. The highest BCUT2D eigenvalue weighted by Gasteiger charge is 2.51. The lowest BCUT2D eigenvalue weighted by molar-refractivity contribution is 0.00578. The summed E-state index contributed by atoms with van der Waals surface area (Å²) < 4.78 is 13.8. The third-order valence-electron chi connectivity index (χ3n) is 4.15. The molecule has 0 unspecified atom stereocenters. The van der Waals surface area contributed by atoms with E-state index in [0.717, 1.165) is 16.5 Å². The zero-order valence-corrected chi connectivity index (χ0v) is 12.0. The van der Waals surface area contributed by atoms with Crippen LogP contribution in [0.5, 0.6) is 0 Å². The minimum Gasteiger partial charge on any atom is -0.399 e. The van der Waals surface area contributed by atoms with Gasteiger partial charge in [-0.3, -0.25) is 9.67 Å². The third-order valence-corrected chi connectivity index (χ3v) is 4.15. The van der Waals surface area contributed by atoms with Crippen molar-refractivity contribution in [2.45, 2.75) is 38.9 Å². The van der Waals surface area contributed by atoms with Crippen LogP contribution in [0.25, 0.3) is 11.0 Å². The van der Waals surface area contributed by atoms with Crippen LogP contribution in [0, 0.1) is 0 Å². The molecule has 3 rings (SSSR count). The molecule has 0 radical (unpaired) electrons. The van der Waals surface area contributed by atoms with E-state index in [-0.39, 0.29) is 18.3 Å². The fourth-order valence-corrected chi connectivity index (χ4v) is 2.15. The van der Waals surface area contributed by atoms with Crippen LogP contribution in [0.1, 0.15) is 27.7 Å². The van der Waals surface area contributed by atoms with Gasteiger partial charge in [0, 0.05) is 18.7 Å². The summed E-state index contributed by atoms with van der Waals surface area (Å²) in [6, 6.07) is 2.03. The standard InChI is InChI=1S/C13H18BN3O2/c1-12(2)13(3,4)19-14(18-12)9-6-11-10(15-7-9)8-16-17(11)5/h6-8H,1-5H3. The molecule has 0 saturated carbocycles. The Morgan fingerprint density at radius 2 is 1.74 bits per heavy atom. The maximum absolute atomic E-state index is 6.02. The SMILES string of the molecule is Cn1ncc2ncc(B3OC(C)(C)C(C)(C)O3)cc21.